The normalized spacial score (nSPS) is 9.64. The summed E-state index contributed by atoms with van der Waals surface area (Å²) in [6, 6.07) is 7.11. The Balaban J connectivity index is 2.55. The van der Waals surface area contributed by atoms with Gasteiger partial charge in [0.25, 0.3) is 0 Å². The summed E-state index contributed by atoms with van der Waals surface area (Å²) in [6.45, 7) is 0. The van der Waals surface area contributed by atoms with Crippen LogP contribution in [-0.4, -0.2) is 4.98 Å². The Morgan fingerprint density at radius 3 is 2.93 bits per heavy atom. The molecular formula is C10H6N2OS. The van der Waals surface area contributed by atoms with E-state index in [1.54, 1.807) is 11.3 Å². The molecule has 2 aromatic rings. The fourth-order valence-corrected chi connectivity index (χ4v) is 1.84. The predicted molar refractivity (Wildman–Crippen MR) is 55.1 cm³/mol. The second-order valence-electron chi connectivity index (χ2n) is 2.71. The van der Waals surface area contributed by atoms with Crippen molar-refractivity contribution >= 4 is 11.3 Å². The fraction of sp³-hybridized carbons (Fsp3) is 0. The number of nitriles is 1. The van der Waals surface area contributed by atoms with Crippen LogP contribution in [0.2, 0.25) is 0 Å². The summed E-state index contributed by atoms with van der Waals surface area (Å²) in [5, 5.41) is 10.5. The summed E-state index contributed by atoms with van der Waals surface area (Å²) in [5.41, 5.74) is 0.656. The molecule has 3 nitrogen and oxygen atoms in total. The van der Waals surface area contributed by atoms with Gasteiger partial charge in [-0.3, -0.25) is 4.79 Å². The van der Waals surface area contributed by atoms with Crippen molar-refractivity contribution in [3.8, 4) is 16.6 Å². The van der Waals surface area contributed by atoms with Crippen molar-refractivity contribution in [2.75, 3.05) is 0 Å². The molecule has 14 heavy (non-hydrogen) atoms. The molecule has 0 aliphatic carbocycles. The Kier molecular flexibility index (Phi) is 2.17. The highest BCUT2D eigenvalue weighted by Crippen LogP contribution is 2.20. The second kappa shape index (κ2) is 3.48. The van der Waals surface area contributed by atoms with Crippen LogP contribution < -0.4 is 5.43 Å². The number of H-pyrrole nitrogens is 1. The Hall–Kier alpha value is -1.86. The van der Waals surface area contributed by atoms with Gasteiger partial charge in [0.05, 0.1) is 10.6 Å². The number of nitrogens with zero attached hydrogens (tertiary/aromatic N) is 1. The van der Waals surface area contributed by atoms with Crippen LogP contribution in [0.1, 0.15) is 5.56 Å². The van der Waals surface area contributed by atoms with Crippen LogP contribution in [-0.2, 0) is 0 Å². The predicted octanol–water partition coefficient (Wildman–Crippen LogP) is 1.98. The minimum absolute atomic E-state index is 0.144. The second-order valence-corrected chi connectivity index (χ2v) is 3.66. The zero-order valence-corrected chi connectivity index (χ0v) is 7.97. The van der Waals surface area contributed by atoms with Gasteiger partial charge in [0.2, 0.25) is 0 Å². The first-order chi connectivity index (χ1) is 6.81. The molecule has 0 amide bonds. The van der Waals surface area contributed by atoms with E-state index in [4.69, 9.17) is 5.26 Å². The summed E-state index contributed by atoms with van der Waals surface area (Å²) in [6.07, 6.45) is 1.44. The number of rotatable bonds is 1. The topological polar surface area (TPSA) is 56.6 Å². The summed E-state index contributed by atoms with van der Waals surface area (Å²) in [5.74, 6) is 0. The van der Waals surface area contributed by atoms with E-state index in [-0.39, 0.29) is 11.0 Å². The van der Waals surface area contributed by atoms with E-state index in [1.165, 1.54) is 12.3 Å². The van der Waals surface area contributed by atoms with Gasteiger partial charge in [-0.15, -0.1) is 11.3 Å². The molecule has 2 rings (SSSR count). The van der Waals surface area contributed by atoms with Crippen LogP contribution in [0.25, 0.3) is 10.6 Å². The van der Waals surface area contributed by atoms with Crippen LogP contribution in [0, 0.1) is 11.3 Å². The molecule has 0 aliphatic rings. The molecule has 0 aromatic carbocycles. The van der Waals surface area contributed by atoms with Crippen molar-refractivity contribution in [1.82, 2.24) is 4.98 Å². The number of thiophene rings is 1. The number of hydrogen-bond donors (Lipinski definition) is 1. The smallest absolute Gasteiger partial charge is 0.199 e. The number of aromatic amines is 1. The van der Waals surface area contributed by atoms with Crippen LogP contribution in [0.15, 0.2) is 34.6 Å². The van der Waals surface area contributed by atoms with Gasteiger partial charge in [-0.05, 0) is 11.4 Å². The van der Waals surface area contributed by atoms with Crippen LogP contribution >= 0.6 is 11.3 Å². The molecule has 68 valence electrons. The molecule has 4 heteroatoms. The number of pyridine rings is 1. The monoisotopic (exact) mass is 202 g/mol. The zero-order valence-electron chi connectivity index (χ0n) is 7.15. The highest BCUT2D eigenvalue weighted by atomic mass is 32.1. The molecule has 2 aromatic heterocycles. The molecule has 0 unspecified atom stereocenters. The van der Waals surface area contributed by atoms with Crippen LogP contribution in [0.4, 0.5) is 0 Å². The van der Waals surface area contributed by atoms with Crippen molar-refractivity contribution < 1.29 is 0 Å². The third-order valence-corrected chi connectivity index (χ3v) is 2.72. The van der Waals surface area contributed by atoms with Gasteiger partial charge in [-0.1, -0.05) is 6.07 Å². The molecule has 0 spiro atoms. The first-order valence-electron chi connectivity index (χ1n) is 3.98. The Labute approximate surface area is 84.3 Å². The molecule has 0 aliphatic heterocycles. The third-order valence-electron chi connectivity index (χ3n) is 1.82. The first kappa shape index (κ1) is 8.73. The van der Waals surface area contributed by atoms with Crippen molar-refractivity contribution in [2.24, 2.45) is 0 Å². The Bertz CT molecular complexity index is 534. The molecule has 0 fully saturated rings. The van der Waals surface area contributed by atoms with E-state index in [1.807, 2.05) is 23.6 Å². The number of aromatic nitrogens is 1. The average molecular weight is 202 g/mol. The highest BCUT2D eigenvalue weighted by Gasteiger charge is 2.02. The average Bonchev–Trinajstić information content (AvgIpc) is 2.70. The van der Waals surface area contributed by atoms with Crippen molar-refractivity contribution in [3.63, 3.8) is 0 Å². The van der Waals surface area contributed by atoms with E-state index >= 15 is 0 Å². The minimum atomic E-state index is -0.241. The largest absolute Gasteiger partial charge is 0.359 e. The molecule has 1 N–H and O–H groups in total. The molecule has 0 atom stereocenters. The minimum Gasteiger partial charge on any atom is -0.359 e. The number of hydrogen-bond acceptors (Lipinski definition) is 3. The van der Waals surface area contributed by atoms with Gasteiger partial charge < -0.3 is 4.98 Å². The highest BCUT2D eigenvalue weighted by molar-refractivity contribution is 7.13. The van der Waals surface area contributed by atoms with Gasteiger partial charge in [-0.2, -0.15) is 5.26 Å². The van der Waals surface area contributed by atoms with E-state index < -0.39 is 0 Å². The van der Waals surface area contributed by atoms with Gasteiger partial charge in [0, 0.05) is 12.3 Å². The maximum atomic E-state index is 11.3. The summed E-state index contributed by atoms with van der Waals surface area (Å²) < 4.78 is 0. The van der Waals surface area contributed by atoms with Crippen molar-refractivity contribution in [2.45, 2.75) is 0 Å². The lowest BCUT2D eigenvalue weighted by molar-refractivity contribution is 1.28. The van der Waals surface area contributed by atoms with Gasteiger partial charge in [-0.25, -0.2) is 0 Å². The van der Waals surface area contributed by atoms with Gasteiger partial charge in [0.15, 0.2) is 5.43 Å². The Morgan fingerprint density at radius 2 is 2.36 bits per heavy atom. The van der Waals surface area contributed by atoms with Crippen LogP contribution in [0.5, 0.6) is 0 Å². The lowest BCUT2D eigenvalue weighted by Gasteiger charge is -1.96. The molecule has 0 bridgehead atoms. The summed E-state index contributed by atoms with van der Waals surface area (Å²) in [4.78, 5) is 15.2. The quantitative estimate of drug-likeness (QED) is 0.768. The van der Waals surface area contributed by atoms with E-state index in [0.29, 0.717) is 0 Å². The van der Waals surface area contributed by atoms with Gasteiger partial charge >= 0.3 is 0 Å². The van der Waals surface area contributed by atoms with Crippen LogP contribution in [0.3, 0.4) is 0 Å². The van der Waals surface area contributed by atoms with Crippen molar-refractivity contribution in [1.29, 1.82) is 5.26 Å². The lowest BCUT2D eigenvalue weighted by Crippen LogP contribution is -2.05. The fourth-order valence-electron chi connectivity index (χ4n) is 1.13. The molecule has 0 saturated heterocycles. The van der Waals surface area contributed by atoms with E-state index in [9.17, 15) is 4.79 Å². The van der Waals surface area contributed by atoms with Crippen molar-refractivity contribution in [3.05, 3.63) is 45.6 Å². The molecule has 2 heterocycles. The van der Waals surface area contributed by atoms with Gasteiger partial charge in [0.1, 0.15) is 11.6 Å². The molecule has 0 saturated carbocycles. The number of nitrogens with one attached hydrogen (secondary N) is 1. The first-order valence-corrected chi connectivity index (χ1v) is 4.86. The Morgan fingerprint density at radius 1 is 1.50 bits per heavy atom. The molecule has 0 radical (unpaired) electrons. The maximum Gasteiger partial charge on any atom is 0.199 e. The SMILES string of the molecule is N#Cc1c[nH]c(-c2cccs2)cc1=O. The lowest BCUT2D eigenvalue weighted by atomic mass is 10.2. The zero-order chi connectivity index (χ0) is 9.97. The summed E-state index contributed by atoms with van der Waals surface area (Å²) >= 11 is 1.55. The summed E-state index contributed by atoms with van der Waals surface area (Å²) in [7, 11) is 0. The van der Waals surface area contributed by atoms with E-state index in [0.717, 1.165) is 10.6 Å². The standard InChI is InChI=1S/C10H6N2OS/c11-5-7-6-12-8(4-9(7)13)10-2-1-3-14-10/h1-4,6H,(H,12,13). The third kappa shape index (κ3) is 1.45. The maximum absolute atomic E-state index is 11.3. The van der Waals surface area contributed by atoms with E-state index in [2.05, 4.69) is 4.98 Å². The molecular weight excluding hydrogens is 196 g/mol.